The molecule has 0 spiro atoms. The minimum absolute atomic E-state index is 0.277. The molecule has 9 nitrogen and oxygen atoms in total. The van der Waals surface area contributed by atoms with Crippen LogP contribution in [0.4, 0.5) is 0 Å². The van der Waals surface area contributed by atoms with Crippen LogP contribution in [0.3, 0.4) is 0 Å². The van der Waals surface area contributed by atoms with Gasteiger partial charge in [-0.3, -0.25) is 0 Å². The van der Waals surface area contributed by atoms with Crippen LogP contribution in [0.5, 0.6) is 0 Å². The van der Waals surface area contributed by atoms with Crippen LogP contribution in [-0.2, 0) is 9.47 Å². The third-order valence-corrected chi connectivity index (χ3v) is 10.0. The van der Waals surface area contributed by atoms with Gasteiger partial charge in [0.1, 0.15) is 0 Å². The zero-order chi connectivity index (χ0) is 34.1. The van der Waals surface area contributed by atoms with Gasteiger partial charge in [0.25, 0.3) is 0 Å². The molecule has 0 saturated carbocycles. The summed E-state index contributed by atoms with van der Waals surface area (Å²) in [6, 6.07) is 15.2. The standard InChI is InChI=1S/C36H59N5O4S2/c1-39(25-12-19-37-21-29-46-33-17-8-6-15-31(33)35(42)44-4)23-10-11-24-40(2)27-14-28-41(3)26-13-20-38-22-30-47-34-18-9-7-16-32(34)36(43)45-5/h6-9,15-18,37-38H,10-14,19-30H2,1-5H3. The summed E-state index contributed by atoms with van der Waals surface area (Å²) in [6.45, 7) is 10.6. The molecule has 2 rings (SSSR count). The number of carbonyl (C=O) groups is 2. The van der Waals surface area contributed by atoms with Crippen LogP contribution in [0.2, 0.25) is 0 Å². The lowest BCUT2D eigenvalue weighted by molar-refractivity contribution is 0.0588. The van der Waals surface area contributed by atoms with Gasteiger partial charge in [0, 0.05) is 34.4 Å². The van der Waals surface area contributed by atoms with Crippen molar-refractivity contribution in [2.45, 2.75) is 41.9 Å². The predicted octanol–water partition coefficient (Wildman–Crippen LogP) is 5.07. The number of carbonyl (C=O) groups excluding carboxylic acids is 2. The summed E-state index contributed by atoms with van der Waals surface area (Å²) in [7, 11) is 9.53. The van der Waals surface area contributed by atoms with E-state index in [2.05, 4.69) is 46.5 Å². The molecule has 11 heteroatoms. The van der Waals surface area contributed by atoms with Gasteiger partial charge >= 0.3 is 11.9 Å². The third kappa shape index (κ3) is 18.3. The number of hydrogen-bond donors (Lipinski definition) is 2. The van der Waals surface area contributed by atoms with Crippen LogP contribution < -0.4 is 10.6 Å². The first-order valence-corrected chi connectivity index (χ1v) is 18.9. The second-order valence-electron chi connectivity index (χ2n) is 11.9. The number of hydrogen-bond acceptors (Lipinski definition) is 11. The van der Waals surface area contributed by atoms with Crippen molar-refractivity contribution in [1.82, 2.24) is 25.3 Å². The monoisotopic (exact) mass is 689 g/mol. The molecule has 0 saturated heterocycles. The average Bonchev–Trinajstić information content (AvgIpc) is 3.08. The van der Waals surface area contributed by atoms with Crippen LogP contribution in [0.15, 0.2) is 58.3 Å². The molecule has 47 heavy (non-hydrogen) atoms. The fourth-order valence-electron chi connectivity index (χ4n) is 5.12. The lowest BCUT2D eigenvalue weighted by atomic mass is 10.2. The van der Waals surface area contributed by atoms with E-state index < -0.39 is 0 Å². The lowest BCUT2D eigenvalue weighted by Crippen LogP contribution is -2.29. The van der Waals surface area contributed by atoms with Gasteiger partial charge in [-0.25, -0.2) is 9.59 Å². The van der Waals surface area contributed by atoms with Gasteiger partial charge in [0.2, 0.25) is 0 Å². The van der Waals surface area contributed by atoms with E-state index in [9.17, 15) is 9.59 Å². The number of rotatable bonds is 27. The van der Waals surface area contributed by atoms with Crippen molar-refractivity contribution >= 4 is 35.5 Å². The molecule has 2 N–H and O–H groups in total. The predicted molar refractivity (Wildman–Crippen MR) is 198 cm³/mol. The van der Waals surface area contributed by atoms with Crippen molar-refractivity contribution in [2.75, 3.05) is 112 Å². The first-order chi connectivity index (χ1) is 22.8. The highest BCUT2D eigenvalue weighted by molar-refractivity contribution is 7.99. The first-order valence-electron chi connectivity index (χ1n) is 16.9. The van der Waals surface area contributed by atoms with Crippen LogP contribution in [-0.4, -0.2) is 139 Å². The van der Waals surface area contributed by atoms with E-state index >= 15 is 0 Å². The number of nitrogens with zero attached hydrogens (tertiary/aromatic N) is 3. The molecule has 0 amide bonds. The molecule has 0 unspecified atom stereocenters. The second kappa shape index (κ2) is 25.8. The fourth-order valence-corrected chi connectivity index (χ4v) is 7.01. The highest BCUT2D eigenvalue weighted by Crippen LogP contribution is 2.23. The van der Waals surface area contributed by atoms with E-state index in [0.717, 1.165) is 99.6 Å². The van der Waals surface area contributed by atoms with E-state index in [0.29, 0.717) is 11.1 Å². The molecule has 0 radical (unpaired) electrons. The van der Waals surface area contributed by atoms with Crippen LogP contribution in [0.1, 0.15) is 52.8 Å². The SMILES string of the molecule is COC(=O)c1ccccc1SCCNCCCN(C)CCCCN(C)CCCN(C)CCCNCCSc1ccccc1C(=O)OC. The summed E-state index contributed by atoms with van der Waals surface area (Å²) in [5.41, 5.74) is 1.28. The van der Waals surface area contributed by atoms with Crippen molar-refractivity contribution in [1.29, 1.82) is 0 Å². The highest BCUT2D eigenvalue weighted by Gasteiger charge is 2.12. The van der Waals surface area contributed by atoms with Gasteiger partial charge in [-0.1, -0.05) is 24.3 Å². The minimum atomic E-state index is -0.278. The summed E-state index contributed by atoms with van der Waals surface area (Å²) < 4.78 is 9.76. The fraction of sp³-hybridized carbons (Fsp3) is 0.611. The Morgan fingerprint density at radius 2 is 0.915 bits per heavy atom. The molecule has 0 aromatic heterocycles. The average molecular weight is 690 g/mol. The molecule has 0 fully saturated rings. The van der Waals surface area contributed by atoms with Gasteiger partial charge < -0.3 is 34.8 Å². The molecule has 2 aromatic carbocycles. The Bertz CT molecular complexity index is 1140. The summed E-state index contributed by atoms with van der Waals surface area (Å²) in [5, 5.41) is 7.05. The quantitative estimate of drug-likeness (QED) is 0.0750. The largest absolute Gasteiger partial charge is 0.465 e. The Labute approximate surface area is 292 Å². The molecule has 0 aliphatic rings. The van der Waals surface area contributed by atoms with Crippen molar-refractivity contribution in [2.24, 2.45) is 0 Å². The minimum Gasteiger partial charge on any atom is -0.465 e. The van der Waals surface area contributed by atoms with Gasteiger partial charge in [-0.2, -0.15) is 0 Å². The Morgan fingerprint density at radius 1 is 0.553 bits per heavy atom. The van der Waals surface area contributed by atoms with Gasteiger partial charge in [-0.05, 0) is 130 Å². The maximum absolute atomic E-state index is 11.9. The lowest BCUT2D eigenvalue weighted by Gasteiger charge is -2.21. The van der Waals surface area contributed by atoms with Gasteiger partial charge in [0.05, 0.1) is 25.3 Å². The Morgan fingerprint density at radius 3 is 1.32 bits per heavy atom. The van der Waals surface area contributed by atoms with E-state index in [1.165, 1.54) is 33.5 Å². The number of nitrogens with one attached hydrogen (secondary N) is 2. The van der Waals surface area contributed by atoms with Crippen LogP contribution >= 0.6 is 23.5 Å². The highest BCUT2D eigenvalue weighted by atomic mass is 32.2. The van der Waals surface area contributed by atoms with Crippen molar-refractivity contribution in [3.8, 4) is 0 Å². The van der Waals surface area contributed by atoms with Crippen molar-refractivity contribution in [3.05, 3.63) is 59.7 Å². The Hall–Kier alpha value is -2.12. The molecule has 264 valence electrons. The van der Waals surface area contributed by atoms with Crippen molar-refractivity contribution < 1.29 is 19.1 Å². The topological polar surface area (TPSA) is 86.4 Å². The zero-order valence-corrected chi connectivity index (χ0v) is 31.1. The summed E-state index contributed by atoms with van der Waals surface area (Å²) in [6.07, 6.45) is 5.92. The summed E-state index contributed by atoms with van der Waals surface area (Å²) >= 11 is 3.38. The number of ether oxygens (including phenoxy) is 2. The van der Waals surface area contributed by atoms with E-state index in [-0.39, 0.29) is 11.9 Å². The summed E-state index contributed by atoms with van der Waals surface area (Å²) in [4.78, 5) is 33.1. The van der Waals surface area contributed by atoms with E-state index in [1.807, 2.05) is 48.5 Å². The Kier molecular flexibility index (Phi) is 22.6. The number of benzene rings is 2. The normalized spacial score (nSPS) is 11.5. The molecule has 0 aliphatic carbocycles. The molecule has 0 bridgehead atoms. The zero-order valence-electron chi connectivity index (χ0n) is 29.4. The molecule has 2 aromatic rings. The molecule has 0 atom stereocenters. The summed E-state index contributed by atoms with van der Waals surface area (Å²) in [5.74, 6) is 1.28. The maximum atomic E-state index is 11.9. The molecule has 0 aliphatic heterocycles. The van der Waals surface area contributed by atoms with Crippen LogP contribution in [0, 0.1) is 0 Å². The number of thioether (sulfide) groups is 2. The number of methoxy groups -OCH3 is 2. The van der Waals surface area contributed by atoms with Crippen LogP contribution in [0.25, 0.3) is 0 Å². The first kappa shape index (κ1) is 41.1. The van der Waals surface area contributed by atoms with Gasteiger partial charge in [-0.15, -0.1) is 23.5 Å². The Balaban J connectivity index is 1.38. The maximum Gasteiger partial charge on any atom is 0.338 e. The van der Waals surface area contributed by atoms with Gasteiger partial charge in [0.15, 0.2) is 0 Å². The van der Waals surface area contributed by atoms with Crippen molar-refractivity contribution in [3.63, 3.8) is 0 Å². The number of unbranched alkanes of at least 4 members (excludes halogenated alkanes) is 1. The smallest absolute Gasteiger partial charge is 0.338 e. The molecule has 0 heterocycles. The molecular formula is C36H59N5O4S2. The third-order valence-electron chi connectivity index (χ3n) is 7.85. The number of esters is 2. The second-order valence-corrected chi connectivity index (χ2v) is 14.1. The molecular weight excluding hydrogens is 631 g/mol. The van der Waals surface area contributed by atoms with E-state index in [1.54, 1.807) is 23.5 Å². The van der Waals surface area contributed by atoms with E-state index in [4.69, 9.17) is 9.47 Å².